The Bertz CT molecular complexity index is 423. The molecule has 0 saturated carbocycles. The van der Waals surface area contributed by atoms with E-state index in [9.17, 15) is 0 Å². The maximum absolute atomic E-state index is 5.64. The molecule has 0 saturated heterocycles. The predicted octanol–water partition coefficient (Wildman–Crippen LogP) is 2.16. The quantitative estimate of drug-likeness (QED) is 0.540. The molecule has 21 heavy (non-hydrogen) atoms. The molecule has 0 aliphatic carbocycles. The Hall–Kier alpha value is -1.02. The van der Waals surface area contributed by atoms with Gasteiger partial charge in [0.05, 0.1) is 13.7 Å². The first-order valence-corrected chi connectivity index (χ1v) is 7.11. The smallest absolute Gasteiger partial charge is 0.191 e. The fourth-order valence-corrected chi connectivity index (χ4v) is 1.94. The van der Waals surface area contributed by atoms with Crippen LogP contribution < -0.4 is 15.4 Å². The van der Waals surface area contributed by atoms with Gasteiger partial charge in [-0.1, -0.05) is 12.1 Å². The highest BCUT2D eigenvalue weighted by Crippen LogP contribution is 2.11. The number of rotatable bonds is 7. The van der Waals surface area contributed by atoms with Crippen LogP contribution in [-0.4, -0.2) is 39.3 Å². The highest BCUT2D eigenvalue weighted by atomic mass is 127. The molecule has 118 valence electrons. The van der Waals surface area contributed by atoms with Crippen LogP contribution in [0.15, 0.2) is 29.3 Å². The van der Waals surface area contributed by atoms with Crippen molar-refractivity contribution in [3.8, 4) is 5.75 Å². The molecule has 0 aromatic heterocycles. The molecule has 5 nitrogen and oxygen atoms in total. The lowest BCUT2D eigenvalue weighted by atomic mass is 10.2. The second-order valence-electron chi connectivity index (χ2n) is 4.69. The van der Waals surface area contributed by atoms with Crippen molar-refractivity contribution in [3.05, 3.63) is 29.8 Å². The lowest BCUT2D eigenvalue weighted by molar-refractivity contribution is 0.119. The Kier molecular flexibility index (Phi) is 9.16. The van der Waals surface area contributed by atoms with Crippen LogP contribution in [0.1, 0.15) is 18.4 Å². The van der Waals surface area contributed by atoms with E-state index in [1.54, 1.807) is 7.11 Å². The highest BCUT2D eigenvalue weighted by molar-refractivity contribution is 14.0. The summed E-state index contributed by atoms with van der Waals surface area (Å²) in [4.78, 5) is 4.35. The highest BCUT2D eigenvalue weighted by Gasteiger charge is 2.01. The molecule has 0 bridgehead atoms. The second kappa shape index (κ2) is 10.7. The van der Waals surface area contributed by atoms with E-state index in [1.807, 2.05) is 24.3 Å². The topological polar surface area (TPSA) is 54.9 Å². The van der Waals surface area contributed by atoms with Crippen molar-refractivity contribution in [2.75, 3.05) is 33.4 Å². The number of ether oxygens (including phenoxy) is 2. The molecule has 2 rings (SSSR count). The summed E-state index contributed by atoms with van der Waals surface area (Å²) in [6, 6.07) is 7.95. The third kappa shape index (κ3) is 6.99. The molecular weight excluding hydrogens is 381 g/mol. The Labute approximate surface area is 143 Å². The van der Waals surface area contributed by atoms with E-state index in [1.165, 1.54) is 0 Å². The summed E-state index contributed by atoms with van der Waals surface area (Å²) < 4.78 is 10.8. The van der Waals surface area contributed by atoms with Gasteiger partial charge in [-0.25, -0.2) is 0 Å². The maximum atomic E-state index is 5.64. The van der Waals surface area contributed by atoms with Crippen molar-refractivity contribution in [1.29, 1.82) is 0 Å². The molecule has 0 unspecified atom stereocenters. The van der Waals surface area contributed by atoms with Gasteiger partial charge in [-0.05, 0) is 30.5 Å². The van der Waals surface area contributed by atoms with Crippen LogP contribution in [0.5, 0.6) is 5.75 Å². The third-order valence-electron chi connectivity index (χ3n) is 3.08. The standard InChI is InChI=1S/C15H23N3O2.HI/c1-19-14-6-4-13(5-7-14)12-20-11-3-10-18-15-16-8-2-9-17-15;/h4-7H,2-3,8-12H2,1H3,(H2,16,17,18);1H. The molecule has 6 heteroatoms. The number of benzene rings is 1. The summed E-state index contributed by atoms with van der Waals surface area (Å²) in [5.41, 5.74) is 1.16. The molecule has 1 aliphatic rings. The Morgan fingerprint density at radius 2 is 2.10 bits per heavy atom. The van der Waals surface area contributed by atoms with Gasteiger partial charge >= 0.3 is 0 Å². The van der Waals surface area contributed by atoms with Crippen molar-refractivity contribution in [3.63, 3.8) is 0 Å². The molecular formula is C15H24IN3O2. The van der Waals surface area contributed by atoms with Crippen LogP contribution in [0.3, 0.4) is 0 Å². The monoisotopic (exact) mass is 405 g/mol. The van der Waals surface area contributed by atoms with Crippen LogP contribution >= 0.6 is 24.0 Å². The number of aliphatic imine (C=N–C) groups is 1. The molecule has 0 fully saturated rings. The minimum atomic E-state index is 0. The molecule has 1 aliphatic heterocycles. The Morgan fingerprint density at radius 1 is 1.29 bits per heavy atom. The van der Waals surface area contributed by atoms with E-state index in [0.717, 1.165) is 56.4 Å². The van der Waals surface area contributed by atoms with Gasteiger partial charge in [0.1, 0.15) is 5.75 Å². The third-order valence-corrected chi connectivity index (χ3v) is 3.08. The number of nitrogens with zero attached hydrogens (tertiary/aromatic N) is 1. The summed E-state index contributed by atoms with van der Waals surface area (Å²) in [5, 5.41) is 6.51. The number of hydrogen-bond donors (Lipinski definition) is 2. The molecule has 1 heterocycles. The number of nitrogens with one attached hydrogen (secondary N) is 2. The van der Waals surface area contributed by atoms with Crippen LogP contribution in [0.25, 0.3) is 0 Å². The predicted molar refractivity (Wildman–Crippen MR) is 95.6 cm³/mol. The minimum absolute atomic E-state index is 0. The van der Waals surface area contributed by atoms with Crippen molar-refractivity contribution < 1.29 is 9.47 Å². The fraction of sp³-hybridized carbons (Fsp3) is 0.533. The molecule has 0 radical (unpaired) electrons. The van der Waals surface area contributed by atoms with Gasteiger partial charge in [0.15, 0.2) is 5.96 Å². The molecule has 1 aromatic carbocycles. The molecule has 2 N–H and O–H groups in total. The fourth-order valence-electron chi connectivity index (χ4n) is 1.94. The van der Waals surface area contributed by atoms with Gasteiger partial charge in [-0.15, -0.1) is 24.0 Å². The normalized spacial score (nSPS) is 13.7. The van der Waals surface area contributed by atoms with Crippen molar-refractivity contribution >= 4 is 29.9 Å². The Morgan fingerprint density at radius 3 is 2.76 bits per heavy atom. The maximum Gasteiger partial charge on any atom is 0.191 e. The largest absolute Gasteiger partial charge is 0.497 e. The van der Waals surface area contributed by atoms with Gasteiger partial charge < -0.3 is 20.1 Å². The summed E-state index contributed by atoms with van der Waals surface area (Å²) in [6.07, 6.45) is 2.09. The summed E-state index contributed by atoms with van der Waals surface area (Å²) in [6.45, 7) is 4.20. The first-order valence-electron chi connectivity index (χ1n) is 7.11. The zero-order chi connectivity index (χ0) is 14.0. The van der Waals surface area contributed by atoms with E-state index < -0.39 is 0 Å². The van der Waals surface area contributed by atoms with Gasteiger partial charge in [0, 0.05) is 26.2 Å². The first-order chi connectivity index (χ1) is 9.88. The van der Waals surface area contributed by atoms with Crippen molar-refractivity contribution in [1.82, 2.24) is 10.6 Å². The average Bonchev–Trinajstić information content (AvgIpc) is 2.52. The summed E-state index contributed by atoms with van der Waals surface area (Å²) in [5.74, 6) is 1.80. The minimum Gasteiger partial charge on any atom is -0.497 e. The van der Waals surface area contributed by atoms with Crippen LogP contribution in [0.4, 0.5) is 0 Å². The summed E-state index contributed by atoms with van der Waals surface area (Å²) in [7, 11) is 1.67. The lowest BCUT2D eigenvalue weighted by Gasteiger charge is -2.15. The van der Waals surface area contributed by atoms with Gasteiger partial charge in [0.2, 0.25) is 0 Å². The van der Waals surface area contributed by atoms with Crippen LogP contribution in [0.2, 0.25) is 0 Å². The summed E-state index contributed by atoms with van der Waals surface area (Å²) >= 11 is 0. The van der Waals surface area contributed by atoms with Crippen molar-refractivity contribution in [2.24, 2.45) is 4.99 Å². The van der Waals surface area contributed by atoms with E-state index in [0.29, 0.717) is 6.61 Å². The Balaban J connectivity index is 0.00000220. The SMILES string of the molecule is COc1ccc(COCCCNC2=NCCCN2)cc1.I. The lowest BCUT2D eigenvalue weighted by Crippen LogP contribution is -2.41. The molecule has 0 atom stereocenters. The number of hydrogen-bond acceptors (Lipinski definition) is 5. The van der Waals surface area contributed by atoms with E-state index in [4.69, 9.17) is 9.47 Å². The van der Waals surface area contributed by atoms with Crippen molar-refractivity contribution in [2.45, 2.75) is 19.4 Å². The molecule has 0 spiro atoms. The van der Waals surface area contributed by atoms with Gasteiger partial charge in [0.25, 0.3) is 0 Å². The van der Waals surface area contributed by atoms with E-state index in [-0.39, 0.29) is 24.0 Å². The van der Waals surface area contributed by atoms with E-state index >= 15 is 0 Å². The zero-order valence-corrected chi connectivity index (χ0v) is 14.8. The average molecular weight is 405 g/mol. The first kappa shape index (κ1) is 18.0. The molecule has 0 amide bonds. The number of halogens is 1. The zero-order valence-electron chi connectivity index (χ0n) is 12.4. The van der Waals surface area contributed by atoms with Crippen LogP contribution in [-0.2, 0) is 11.3 Å². The number of guanidine groups is 1. The number of methoxy groups -OCH3 is 1. The molecule has 1 aromatic rings. The van der Waals surface area contributed by atoms with Gasteiger partial charge in [-0.2, -0.15) is 0 Å². The van der Waals surface area contributed by atoms with Crippen LogP contribution in [0, 0.1) is 0 Å². The van der Waals surface area contributed by atoms with Gasteiger partial charge in [-0.3, -0.25) is 4.99 Å². The second-order valence-corrected chi connectivity index (χ2v) is 4.69. The van der Waals surface area contributed by atoms with E-state index in [2.05, 4.69) is 15.6 Å².